The van der Waals surface area contributed by atoms with Crippen LogP contribution in [0.2, 0.25) is 0 Å². The van der Waals surface area contributed by atoms with Gasteiger partial charge in [-0.2, -0.15) is 5.10 Å². The van der Waals surface area contributed by atoms with Crippen molar-refractivity contribution in [3.8, 4) is 0 Å². The van der Waals surface area contributed by atoms with Crippen LogP contribution in [0.5, 0.6) is 0 Å². The minimum absolute atomic E-state index is 0.201. The second kappa shape index (κ2) is 7.07. The number of aromatic nitrogens is 2. The quantitative estimate of drug-likeness (QED) is 0.831. The summed E-state index contributed by atoms with van der Waals surface area (Å²) in [7, 11) is 0. The molecule has 0 unspecified atom stereocenters. The van der Waals surface area contributed by atoms with Crippen LogP contribution in [0.4, 0.5) is 0 Å². The molecule has 0 saturated carbocycles. The number of nitrogens with zero attached hydrogens (tertiary/aromatic N) is 3. The van der Waals surface area contributed by atoms with Gasteiger partial charge in [0.15, 0.2) is 0 Å². The minimum Gasteiger partial charge on any atom is -0.334 e. The van der Waals surface area contributed by atoms with E-state index in [2.05, 4.69) is 27.9 Å². The lowest BCUT2D eigenvalue weighted by atomic mass is 10.2. The third-order valence-electron chi connectivity index (χ3n) is 4.00. The van der Waals surface area contributed by atoms with Crippen LogP contribution in [0.1, 0.15) is 29.3 Å². The van der Waals surface area contributed by atoms with Crippen LogP contribution < -0.4 is 5.32 Å². The van der Waals surface area contributed by atoms with Crippen molar-refractivity contribution >= 4 is 17.2 Å². The average molecular weight is 318 g/mol. The normalized spacial score (nSPS) is 18.0. The molecular weight excluding hydrogens is 296 g/mol. The molecule has 0 aliphatic carbocycles. The number of carbonyl (C=O) groups is 1. The van der Waals surface area contributed by atoms with Crippen molar-refractivity contribution in [2.24, 2.45) is 0 Å². The first-order chi connectivity index (χ1) is 10.7. The van der Waals surface area contributed by atoms with Crippen LogP contribution in [-0.2, 0) is 11.3 Å². The van der Waals surface area contributed by atoms with Crippen LogP contribution in [0, 0.1) is 6.92 Å². The highest BCUT2D eigenvalue weighted by molar-refractivity contribution is 7.10. The highest BCUT2D eigenvalue weighted by Gasteiger charge is 2.29. The van der Waals surface area contributed by atoms with E-state index in [-0.39, 0.29) is 11.9 Å². The standard InChI is InChI=1S/C16H22N4OS/c1-13-10-18-19(12-13)8-6-17-11-16(21)20-7-2-4-14(20)15-5-3-9-22-15/h3,5,9-10,12,14,17H,2,4,6-8,11H2,1H3/t14-/m0/s1. The molecule has 1 aliphatic heterocycles. The molecule has 2 aromatic heterocycles. The number of carbonyl (C=O) groups excluding carboxylic acids is 1. The first-order valence-electron chi connectivity index (χ1n) is 7.76. The Kier molecular flexibility index (Phi) is 4.90. The fourth-order valence-corrected chi connectivity index (χ4v) is 3.80. The zero-order chi connectivity index (χ0) is 15.4. The van der Waals surface area contributed by atoms with Crippen molar-refractivity contribution in [3.63, 3.8) is 0 Å². The lowest BCUT2D eigenvalue weighted by molar-refractivity contribution is -0.131. The minimum atomic E-state index is 0.201. The predicted octanol–water partition coefficient (Wildman–Crippen LogP) is 2.21. The molecule has 0 bridgehead atoms. The van der Waals surface area contributed by atoms with E-state index in [0.29, 0.717) is 6.54 Å². The summed E-state index contributed by atoms with van der Waals surface area (Å²) in [4.78, 5) is 15.7. The molecule has 6 heteroatoms. The van der Waals surface area contributed by atoms with E-state index >= 15 is 0 Å². The fraction of sp³-hybridized carbons (Fsp3) is 0.500. The van der Waals surface area contributed by atoms with Crippen molar-refractivity contribution in [1.82, 2.24) is 20.0 Å². The second-order valence-electron chi connectivity index (χ2n) is 5.72. The van der Waals surface area contributed by atoms with Crippen molar-refractivity contribution < 1.29 is 4.79 Å². The van der Waals surface area contributed by atoms with Gasteiger partial charge in [0.25, 0.3) is 0 Å². The highest BCUT2D eigenvalue weighted by Crippen LogP contribution is 2.34. The SMILES string of the molecule is Cc1cnn(CCNCC(=O)N2CCC[C@H]2c2cccs2)c1. The maximum absolute atomic E-state index is 12.4. The lowest BCUT2D eigenvalue weighted by Gasteiger charge is -2.24. The van der Waals surface area contributed by atoms with Gasteiger partial charge in [-0.1, -0.05) is 6.07 Å². The molecule has 3 heterocycles. The topological polar surface area (TPSA) is 50.2 Å². The molecule has 5 nitrogen and oxygen atoms in total. The first-order valence-corrected chi connectivity index (χ1v) is 8.64. The summed E-state index contributed by atoms with van der Waals surface area (Å²) in [6.07, 6.45) is 6.04. The van der Waals surface area contributed by atoms with E-state index in [1.807, 2.05) is 28.9 Å². The van der Waals surface area contributed by atoms with Crippen LogP contribution in [0.25, 0.3) is 0 Å². The molecule has 1 fully saturated rings. The van der Waals surface area contributed by atoms with E-state index in [1.54, 1.807) is 11.3 Å². The third-order valence-corrected chi connectivity index (χ3v) is 4.97. The van der Waals surface area contributed by atoms with Crippen LogP contribution in [0.3, 0.4) is 0 Å². The summed E-state index contributed by atoms with van der Waals surface area (Å²) in [5, 5.41) is 9.56. The summed E-state index contributed by atoms with van der Waals surface area (Å²) in [6, 6.07) is 4.47. The maximum Gasteiger partial charge on any atom is 0.237 e. The van der Waals surface area contributed by atoms with Gasteiger partial charge in [0.05, 0.1) is 25.3 Å². The van der Waals surface area contributed by atoms with Crippen molar-refractivity contribution in [2.75, 3.05) is 19.6 Å². The van der Waals surface area contributed by atoms with Crippen molar-refractivity contribution in [1.29, 1.82) is 0 Å². The van der Waals surface area contributed by atoms with E-state index in [4.69, 9.17) is 0 Å². The Hall–Kier alpha value is -1.66. The Bertz CT molecular complexity index is 607. The number of rotatable bonds is 6. The zero-order valence-electron chi connectivity index (χ0n) is 12.9. The Morgan fingerprint density at radius 1 is 1.55 bits per heavy atom. The first kappa shape index (κ1) is 15.2. The van der Waals surface area contributed by atoms with Gasteiger partial charge in [0.1, 0.15) is 0 Å². The number of amides is 1. The molecule has 1 aliphatic rings. The number of thiophene rings is 1. The Labute approximate surface area is 134 Å². The fourth-order valence-electron chi connectivity index (χ4n) is 2.92. The monoisotopic (exact) mass is 318 g/mol. The van der Waals surface area contributed by atoms with Gasteiger partial charge in [-0.25, -0.2) is 0 Å². The predicted molar refractivity (Wildman–Crippen MR) is 87.8 cm³/mol. The van der Waals surface area contributed by atoms with E-state index in [0.717, 1.165) is 38.0 Å². The molecule has 1 N–H and O–H groups in total. The Balaban J connectivity index is 1.45. The number of nitrogens with one attached hydrogen (secondary N) is 1. The summed E-state index contributed by atoms with van der Waals surface area (Å²) in [6.45, 7) is 4.85. The van der Waals surface area contributed by atoms with Crippen LogP contribution >= 0.6 is 11.3 Å². The molecular formula is C16H22N4OS. The number of hydrogen-bond donors (Lipinski definition) is 1. The molecule has 3 rings (SSSR count). The van der Waals surface area contributed by atoms with Crippen molar-refractivity contribution in [3.05, 3.63) is 40.3 Å². The van der Waals surface area contributed by atoms with E-state index in [9.17, 15) is 4.79 Å². The van der Waals surface area contributed by atoms with E-state index in [1.165, 1.54) is 4.88 Å². The number of hydrogen-bond acceptors (Lipinski definition) is 4. The van der Waals surface area contributed by atoms with Gasteiger partial charge in [0, 0.05) is 24.2 Å². The second-order valence-corrected chi connectivity index (χ2v) is 6.70. The smallest absolute Gasteiger partial charge is 0.237 e. The third kappa shape index (κ3) is 3.56. The molecule has 0 spiro atoms. The summed E-state index contributed by atoms with van der Waals surface area (Å²) < 4.78 is 1.90. The molecule has 22 heavy (non-hydrogen) atoms. The Morgan fingerprint density at radius 3 is 3.18 bits per heavy atom. The molecule has 2 aromatic rings. The largest absolute Gasteiger partial charge is 0.334 e. The summed E-state index contributed by atoms with van der Waals surface area (Å²) in [5.74, 6) is 0.201. The van der Waals surface area contributed by atoms with Crippen LogP contribution in [0.15, 0.2) is 29.9 Å². The van der Waals surface area contributed by atoms with Gasteiger partial charge in [-0.05, 0) is 36.8 Å². The summed E-state index contributed by atoms with van der Waals surface area (Å²) in [5.41, 5.74) is 1.16. The Morgan fingerprint density at radius 2 is 2.45 bits per heavy atom. The molecule has 1 amide bonds. The molecule has 0 aromatic carbocycles. The molecule has 1 saturated heterocycles. The van der Waals surface area contributed by atoms with E-state index < -0.39 is 0 Å². The number of aryl methyl sites for hydroxylation is 1. The van der Waals surface area contributed by atoms with Crippen molar-refractivity contribution in [2.45, 2.75) is 32.4 Å². The molecule has 118 valence electrons. The maximum atomic E-state index is 12.4. The summed E-state index contributed by atoms with van der Waals surface area (Å²) >= 11 is 1.74. The highest BCUT2D eigenvalue weighted by atomic mass is 32.1. The van der Waals surface area contributed by atoms with Crippen LogP contribution in [-0.4, -0.2) is 40.2 Å². The van der Waals surface area contributed by atoms with Gasteiger partial charge < -0.3 is 10.2 Å². The molecule has 0 radical (unpaired) electrons. The average Bonchev–Trinajstić information content (AvgIpc) is 3.23. The lowest BCUT2D eigenvalue weighted by Crippen LogP contribution is -2.38. The van der Waals surface area contributed by atoms with Gasteiger partial charge >= 0.3 is 0 Å². The van der Waals surface area contributed by atoms with Gasteiger partial charge in [-0.3, -0.25) is 9.48 Å². The van der Waals surface area contributed by atoms with Gasteiger partial charge in [0.2, 0.25) is 5.91 Å². The zero-order valence-corrected chi connectivity index (χ0v) is 13.7. The molecule has 1 atom stereocenters. The number of likely N-dealkylation sites (tertiary alicyclic amines) is 1. The van der Waals surface area contributed by atoms with Gasteiger partial charge in [-0.15, -0.1) is 11.3 Å².